The molecule has 1 atom stereocenters. The summed E-state index contributed by atoms with van der Waals surface area (Å²) >= 11 is 0. The van der Waals surface area contributed by atoms with E-state index in [0.717, 1.165) is 22.7 Å². The van der Waals surface area contributed by atoms with Crippen LogP contribution in [0.15, 0.2) is 36.4 Å². The predicted octanol–water partition coefficient (Wildman–Crippen LogP) is 4.76. The highest BCUT2D eigenvalue weighted by molar-refractivity contribution is 5.96. The van der Waals surface area contributed by atoms with E-state index in [2.05, 4.69) is 10.4 Å². The molecule has 0 aliphatic rings. The van der Waals surface area contributed by atoms with Crippen molar-refractivity contribution in [2.45, 2.75) is 46.3 Å². The molecule has 0 spiro atoms. The van der Waals surface area contributed by atoms with E-state index < -0.39 is 35.1 Å². The summed E-state index contributed by atoms with van der Waals surface area (Å²) in [5.41, 5.74) is 7.08. The van der Waals surface area contributed by atoms with E-state index in [4.69, 9.17) is 10.5 Å². The van der Waals surface area contributed by atoms with Gasteiger partial charge in [0, 0.05) is 12.1 Å². The third kappa shape index (κ3) is 5.45. The number of nitrogens with one attached hydrogen (secondary N) is 1. The van der Waals surface area contributed by atoms with E-state index >= 15 is 0 Å². The quantitative estimate of drug-likeness (QED) is 0.407. The van der Waals surface area contributed by atoms with Gasteiger partial charge in [-0.05, 0) is 57.0 Å². The minimum absolute atomic E-state index is 0.103. The molecule has 0 aliphatic heterocycles. The molecule has 0 saturated carbocycles. The molecular formula is C25H27F3N4O4. The molecule has 0 radical (unpaired) electrons. The number of anilines is 1. The van der Waals surface area contributed by atoms with Gasteiger partial charge in [0.1, 0.15) is 11.4 Å². The summed E-state index contributed by atoms with van der Waals surface area (Å²) in [6.07, 6.45) is -4.66. The number of carboxylic acid groups (broad SMARTS) is 1. The van der Waals surface area contributed by atoms with Crippen molar-refractivity contribution in [1.82, 2.24) is 15.1 Å². The van der Waals surface area contributed by atoms with Gasteiger partial charge in [0.25, 0.3) is 5.91 Å². The van der Waals surface area contributed by atoms with Crippen LogP contribution in [0.2, 0.25) is 0 Å². The van der Waals surface area contributed by atoms with Gasteiger partial charge in [0.15, 0.2) is 5.69 Å². The van der Waals surface area contributed by atoms with E-state index in [0.29, 0.717) is 11.1 Å². The maximum Gasteiger partial charge on any atom is 0.397 e. The van der Waals surface area contributed by atoms with E-state index in [1.165, 1.54) is 6.07 Å². The van der Waals surface area contributed by atoms with Gasteiger partial charge in [-0.2, -0.15) is 18.3 Å². The molecule has 36 heavy (non-hydrogen) atoms. The van der Waals surface area contributed by atoms with Crippen LogP contribution in [-0.4, -0.2) is 39.5 Å². The number of alkyl halides is 3. The van der Waals surface area contributed by atoms with E-state index in [1.807, 2.05) is 26.0 Å². The van der Waals surface area contributed by atoms with Crippen LogP contribution in [0.3, 0.4) is 0 Å². The zero-order valence-corrected chi connectivity index (χ0v) is 20.2. The summed E-state index contributed by atoms with van der Waals surface area (Å²) in [6, 6.07) is 10.2. The van der Waals surface area contributed by atoms with Crippen molar-refractivity contribution in [3.05, 3.63) is 70.0 Å². The van der Waals surface area contributed by atoms with Gasteiger partial charge >= 0.3 is 12.1 Å². The number of halogens is 3. The summed E-state index contributed by atoms with van der Waals surface area (Å²) in [5, 5.41) is 16.4. The predicted molar refractivity (Wildman–Crippen MR) is 128 cm³/mol. The average Bonchev–Trinajstić information content (AvgIpc) is 3.15. The van der Waals surface area contributed by atoms with Crippen LogP contribution in [0.1, 0.15) is 63.0 Å². The summed E-state index contributed by atoms with van der Waals surface area (Å²) in [6.45, 7) is 6.61. The number of ether oxygens (including phenoxy) is 1. The molecule has 0 fully saturated rings. The van der Waals surface area contributed by atoms with Gasteiger partial charge in [0.2, 0.25) is 0 Å². The molecule has 4 N–H and O–H groups in total. The molecule has 1 heterocycles. The molecule has 8 nitrogen and oxygen atoms in total. The summed E-state index contributed by atoms with van der Waals surface area (Å²) in [7, 11) is 0. The molecule has 2 aromatic carbocycles. The fraction of sp³-hybridized carbons (Fsp3) is 0.320. The molecule has 0 bridgehead atoms. The highest BCUT2D eigenvalue weighted by atomic mass is 19.4. The first-order chi connectivity index (χ1) is 16.8. The van der Waals surface area contributed by atoms with E-state index in [-0.39, 0.29) is 30.5 Å². The Balaban J connectivity index is 1.97. The third-order valence-electron chi connectivity index (χ3n) is 5.70. The third-order valence-corrected chi connectivity index (χ3v) is 5.70. The maximum absolute atomic E-state index is 13.3. The number of hydrogen-bond acceptors (Lipinski definition) is 5. The summed E-state index contributed by atoms with van der Waals surface area (Å²) in [5.74, 6) is -3.70. The van der Waals surface area contributed by atoms with Gasteiger partial charge in [-0.3, -0.25) is 4.79 Å². The molecular weight excluding hydrogens is 477 g/mol. The normalized spacial score (nSPS) is 12.3. The lowest BCUT2D eigenvalue weighted by Gasteiger charge is -2.15. The number of aryl methyl sites for hydroxylation is 2. The first-order valence-electron chi connectivity index (χ1n) is 11.1. The van der Waals surface area contributed by atoms with Gasteiger partial charge in [-0.15, -0.1) is 0 Å². The first-order valence-corrected chi connectivity index (χ1v) is 11.1. The zero-order chi connectivity index (χ0) is 26.8. The second-order valence-corrected chi connectivity index (χ2v) is 8.36. The molecule has 192 valence electrons. The minimum Gasteiger partial charge on any atom is -0.492 e. The number of carbonyl (C=O) groups is 2. The second-order valence-electron chi connectivity index (χ2n) is 8.36. The molecule has 1 unspecified atom stereocenters. The number of aromatic nitrogens is 2. The van der Waals surface area contributed by atoms with E-state index in [9.17, 15) is 27.9 Å². The number of carbonyl (C=O) groups excluding carboxylic acids is 1. The summed E-state index contributed by atoms with van der Waals surface area (Å²) in [4.78, 5) is 24.6. The van der Waals surface area contributed by atoms with Crippen LogP contribution in [0.4, 0.5) is 18.9 Å². The topological polar surface area (TPSA) is 119 Å². The second kappa shape index (κ2) is 10.3. The van der Waals surface area contributed by atoms with Crippen molar-refractivity contribution in [1.29, 1.82) is 0 Å². The molecule has 3 aromatic rings. The Morgan fingerprint density at radius 2 is 1.89 bits per heavy atom. The first kappa shape index (κ1) is 26.6. The number of carboxylic acids is 1. The summed E-state index contributed by atoms with van der Waals surface area (Å²) < 4.78 is 46.4. The van der Waals surface area contributed by atoms with Gasteiger partial charge in [-0.25, -0.2) is 9.48 Å². The van der Waals surface area contributed by atoms with Crippen LogP contribution in [0.25, 0.3) is 5.69 Å². The van der Waals surface area contributed by atoms with Crippen molar-refractivity contribution >= 4 is 17.6 Å². The lowest BCUT2D eigenvalue weighted by Crippen LogP contribution is -2.23. The number of hydrogen-bond donors (Lipinski definition) is 3. The number of nitrogen functional groups attached to an aromatic ring is 1. The Hall–Kier alpha value is -4.02. The molecule has 1 aromatic heterocycles. The molecule has 0 aliphatic carbocycles. The Kier molecular flexibility index (Phi) is 7.61. The van der Waals surface area contributed by atoms with Gasteiger partial charge < -0.3 is 20.9 Å². The Morgan fingerprint density at radius 1 is 1.19 bits per heavy atom. The largest absolute Gasteiger partial charge is 0.492 e. The molecule has 3 rings (SSSR count). The molecule has 11 heteroatoms. The monoisotopic (exact) mass is 504 g/mol. The lowest BCUT2D eigenvalue weighted by molar-refractivity contribution is -0.147. The number of amides is 1. The van der Waals surface area contributed by atoms with Crippen molar-refractivity contribution in [2.75, 3.05) is 12.3 Å². The standard InChI is InChI=1S/C25H27F3N4O4/c1-5-36-19-11-16(12-30-23(33)17-10-13(2)6-7-14(17)3)8-9-18(19)32-22(24(34)35)20(29)21(31-32)15(4)25(26,27)28/h6-11,15H,5,12,29H2,1-4H3,(H,30,33)(H,34,35). The van der Waals surface area contributed by atoms with Crippen LogP contribution in [0.5, 0.6) is 5.75 Å². The fourth-order valence-electron chi connectivity index (χ4n) is 3.67. The average molecular weight is 505 g/mol. The smallest absolute Gasteiger partial charge is 0.397 e. The Bertz CT molecular complexity index is 1300. The van der Waals surface area contributed by atoms with Crippen molar-refractivity contribution < 1.29 is 32.6 Å². The van der Waals surface area contributed by atoms with Crippen LogP contribution in [-0.2, 0) is 6.54 Å². The number of nitrogens with zero attached hydrogens (tertiary/aromatic N) is 2. The number of benzene rings is 2. The number of nitrogens with two attached hydrogens (primary N) is 1. The van der Waals surface area contributed by atoms with Crippen LogP contribution >= 0.6 is 0 Å². The van der Waals surface area contributed by atoms with Crippen molar-refractivity contribution in [3.8, 4) is 11.4 Å². The SMILES string of the molecule is CCOc1cc(CNC(=O)c2cc(C)ccc2C)ccc1-n1nc(C(C)C(F)(F)F)c(N)c1C(=O)O. The highest BCUT2D eigenvalue weighted by Gasteiger charge is 2.41. The van der Waals surface area contributed by atoms with E-state index in [1.54, 1.807) is 25.1 Å². The Labute approximate surface area is 205 Å². The van der Waals surface area contributed by atoms with Gasteiger partial charge in [0.05, 0.1) is 23.9 Å². The van der Waals surface area contributed by atoms with Crippen molar-refractivity contribution in [2.24, 2.45) is 0 Å². The molecule has 1 amide bonds. The Morgan fingerprint density at radius 3 is 2.50 bits per heavy atom. The van der Waals surface area contributed by atoms with Crippen LogP contribution < -0.4 is 15.8 Å². The minimum atomic E-state index is -4.66. The molecule has 0 saturated heterocycles. The van der Waals surface area contributed by atoms with Gasteiger partial charge in [-0.1, -0.05) is 23.8 Å². The zero-order valence-electron chi connectivity index (χ0n) is 20.2. The van der Waals surface area contributed by atoms with Crippen molar-refractivity contribution in [3.63, 3.8) is 0 Å². The number of aromatic carboxylic acids is 1. The lowest BCUT2D eigenvalue weighted by atomic mass is 10.0. The maximum atomic E-state index is 13.3. The fourth-order valence-corrected chi connectivity index (χ4v) is 3.67. The number of rotatable bonds is 8. The highest BCUT2D eigenvalue weighted by Crippen LogP contribution is 2.39. The van der Waals surface area contributed by atoms with Crippen LogP contribution in [0, 0.1) is 13.8 Å².